The molecule has 4 aromatic carbocycles. The van der Waals surface area contributed by atoms with Crippen molar-refractivity contribution in [3.8, 4) is 23.0 Å². The summed E-state index contributed by atoms with van der Waals surface area (Å²) in [7, 11) is 3.14. The number of ether oxygens (including phenoxy) is 6. The van der Waals surface area contributed by atoms with Crippen LogP contribution in [0.5, 0.6) is 23.0 Å². The Morgan fingerprint density at radius 1 is 0.569 bits per heavy atom. The Balaban J connectivity index is 0.000000221. The van der Waals surface area contributed by atoms with Gasteiger partial charge in [-0.15, -0.1) is 0 Å². The Bertz CT molecular complexity index is 1950. The number of methoxy groups -OCH3 is 2. The Morgan fingerprint density at radius 2 is 0.948 bits per heavy atom. The van der Waals surface area contributed by atoms with E-state index in [1.165, 1.54) is 13.8 Å². The minimum absolute atomic E-state index is 0.140. The zero-order chi connectivity index (χ0) is 41.6. The molecule has 2 saturated heterocycles. The van der Waals surface area contributed by atoms with Gasteiger partial charge in [0.2, 0.25) is 11.8 Å². The van der Waals surface area contributed by atoms with Gasteiger partial charge in [-0.3, -0.25) is 39.4 Å². The average molecular weight is 831 g/mol. The summed E-state index contributed by atoms with van der Waals surface area (Å²) < 4.78 is 32.8. The van der Waals surface area contributed by atoms with E-state index in [0.717, 1.165) is 45.8 Å². The zero-order valence-electron chi connectivity index (χ0n) is 32.1. The second-order valence-electron chi connectivity index (χ2n) is 12.8. The third-order valence-electron chi connectivity index (χ3n) is 8.57. The molecule has 2 aliphatic heterocycles. The van der Waals surface area contributed by atoms with Gasteiger partial charge in [-0.2, -0.15) is 0 Å². The minimum atomic E-state index is -0.577. The first-order chi connectivity index (χ1) is 27.9. The lowest BCUT2D eigenvalue weighted by Gasteiger charge is -2.19. The van der Waals surface area contributed by atoms with Gasteiger partial charge in [0.25, 0.3) is 10.5 Å². The fourth-order valence-corrected chi connectivity index (χ4v) is 7.47. The molecule has 0 radical (unpaired) electrons. The average Bonchev–Trinajstić information content (AvgIpc) is 3.71. The Kier molecular flexibility index (Phi) is 15.6. The molecule has 58 heavy (non-hydrogen) atoms. The van der Waals surface area contributed by atoms with Crippen molar-refractivity contribution in [3.05, 3.63) is 119 Å². The highest BCUT2D eigenvalue weighted by atomic mass is 32.2. The Morgan fingerprint density at radius 3 is 1.26 bits per heavy atom. The number of carbonyl (C=O) groups excluding carboxylic acids is 6. The maximum Gasteiger partial charge on any atom is 0.303 e. The summed E-state index contributed by atoms with van der Waals surface area (Å²) in [6.45, 7) is 2.98. The van der Waals surface area contributed by atoms with Gasteiger partial charge in [-0.1, -0.05) is 72.1 Å². The number of rotatable bonds is 16. The molecule has 0 aliphatic carbocycles. The lowest BCUT2D eigenvalue weighted by atomic mass is 10.1. The highest BCUT2D eigenvalue weighted by molar-refractivity contribution is 8.15. The van der Waals surface area contributed by atoms with Gasteiger partial charge in [0.15, 0.2) is 12.2 Å². The SMILES string of the molecule is COc1cccc(C(COc2ccc(CC3SC(=O)NC3=O)cc2)OC(C)=O)c1.COc1cccc(C(COc2ccc(CC3SC(=O)NC3=O)cc2)OC(C)=O)c1. The third-order valence-corrected chi connectivity index (χ3v) is 10.5. The molecule has 0 bridgehead atoms. The molecular formula is C42H42N2O12S2. The van der Waals surface area contributed by atoms with Crippen molar-refractivity contribution < 1.29 is 57.2 Å². The van der Waals surface area contributed by atoms with Crippen molar-refractivity contribution >= 4 is 57.8 Å². The maximum atomic E-state index is 11.7. The highest BCUT2D eigenvalue weighted by Crippen LogP contribution is 2.28. The summed E-state index contributed by atoms with van der Waals surface area (Å²) in [4.78, 5) is 68.8. The molecular weight excluding hydrogens is 789 g/mol. The van der Waals surface area contributed by atoms with Crippen LogP contribution in [0, 0.1) is 0 Å². The quantitative estimate of drug-likeness (QED) is 0.116. The number of nitrogens with one attached hydrogen (secondary N) is 2. The van der Waals surface area contributed by atoms with Crippen LogP contribution in [0.3, 0.4) is 0 Å². The lowest BCUT2D eigenvalue weighted by Crippen LogP contribution is -2.25. The number of thioether (sulfide) groups is 2. The van der Waals surface area contributed by atoms with E-state index in [1.54, 1.807) is 50.6 Å². The molecule has 0 saturated carbocycles. The molecule has 2 heterocycles. The first-order valence-electron chi connectivity index (χ1n) is 18.0. The topological polar surface area (TPSA) is 182 Å². The molecule has 4 unspecified atom stereocenters. The molecule has 4 amide bonds. The summed E-state index contributed by atoms with van der Waals surface area (Å²) in [5.74, 6) is 1.21. The number of amides is 4. The predicted octanol–water partition coefficient (Wildman–Crippen LogP) is 6.55. The maximum absolute atomic E-state index is 11.7. The molecule has 304 valence electrons. The van der Waals surface area contributed by atoms with Gasteiger partial charge in [-0.05, 0) is 83.6 Å². The van der Waals surface area contributed by atoms with E-state index >= 15 is 0 Å². The Hall–Kier alpha value is -6.00. The van der Waals surface area contributed by atoms with E-state index in [1.807, 2.05) is 60.7 Å². The summed E-state index contributed by atoms with van der Waals surface area (Å²) >= 11 is 2.01. The predicted molar refractivity (Wildman–Crippen MR) is 216 cm³/mol. The molecule has 4 aromatic rings. The van der Waals surface area contributed by atoms with Crippen molar-refractivity contribution in [2.24, 2.45) is 0 Å². The van der Waals surface area contributed by atoms with Crippen molar-refractivity contribution in [1.29, 1.82) is 0 Å². The number of hydrogen-bond acceptors (Lipinski definition) is 14. The standard InChI is InChI=1S/2C21H21NO6S/c2*1-13(23)28-18(15-4-3-5-17(11-15)26-2)12-27-16-8-6-14(7-9-16)10-19-20(24)22-21(25)29-19/h2*3-9,11,18-19H,10,12H2,1-2H3,(H,22,24,25). The Labute approximate surface area is 343 Å². The number of imide groups is 2. The molecule has 4 atom stereocenters. The van der Waals surface area contributed by atoms with Crippen LogP contribution >= 0.6 is 23.5 Å². The summed E-state index contributed by atoms with van der Waals surface area (Å²) in [5.41, 5.74) is 3.38. The third kappa shape index (κ3) is 13.0. The fourth-order valence-electron chi connectivity index (χ4n) is 5.75. The zero-order valence-corrected chi connectivity index (χ0v) is 33.7. The number of carbonyl (C=O) groups is 6. The van der Waals surface area contributed by atoms with Gasteiger partial charge in [0, 0.05) is 13.8 Å². The van der Waals surface area contributed by atoms with Crippen LogP contribution in [0.2, 0.25) is 0 Å². The van der Waals surface area contributed by atoms with Gasteiger partial charge in [0.1, 0.15) is 36.2 Å². The van der Waals surface area contributed by atoms with Crippen LogP contribution in [0.4, 0.5) is 9.59 Å². The molecule has 2 aliphatic rings. The molecule has 0 aromatic heterocycles. The first-order valence-corrected chi connectivity index (χ1v) is 19.7. The number of esters is 2. The van der Waals surface area contributed by atoms with Crippen molar-refractivity contribution in [2.75, 3.05) is 27.4 Å². The molecule has 16 heteroatoms. The van der Waals surface area contributed by atoms with Gasteiger partial charge in [0.05, 0.1) is 24.7 Å². The number of hydrogen-bond donors (Lipinski definition) is 2. The summed E-state index contributed by atoms with van der Waals surface area (Å²) in [6.07, 6.45) is -0.233. The molecule has 6 rings (SSSR count). The van der Waals surface area contributed by atoms with Crippen molar-refractivity contribution in [1.82, 2.24) is 10.6 Å². The van der Waals surface area contributed by atoms with E-state index in [9.17, 15) is 28.8 Å². The largest absolute Gasteiger partial charge is 0.497 e. The van der Waals surface area contributed by atoms with Crippen LogP contribution < -0.4 is 29.6 Å². The fraction of sp³-hybridized carbons (Fsp3) is 0.286. The van der Waals surface area contributed by atoms with Crippen LogP contribution in [0.1, 0.15) is 48.3 Å². The van der Waals surface area contributed by atoms with Gasteiger partial charge < -0.3 is 28.4 Å². The molecule has 0 spiro atoms. The van der Waals surface area contributed by atoms with E-state index < -0.39 is 34.6 Å². The van der Waals surface area contributed by atoms with E-state index in [-0.39, 0.29) is 35.5 Å². The van der Waals surface area contributed by atoms with Crippen molar-refractivity contribution in [2.45, 2.75) is 49.4 Å². The minimum Gasteiger partial charge on any atom is -0.497 e. The van der Waals surface area contributed by atoms with Gasteiger partial charge >= 0.3 is 11.9 Å². The van der Waals surface area contributed by atoms with E-state index in [0.29, 0.717) is 35.8 Å². The van der Waals surface area contributed by atoms with Crippen molar-refractivity contribution in [3.63, 3.8) is 0 Å². The molecule has 14 nitrogen and oxygen atoms in total. The normalized spacial score (nSPS) is 16.8. The second kappa shape index (κ2) is 21.0. The lowest BCUT2D eigenvalue weighted by molar-refractivity contribution is -0.149. The smallest absolute Gasteiger partial charge is 0.303 e. The summed E-state index contributed by atoms with van der Waals surface area (Å²) in [5, 5.41) is 3.13. The second-order valence-corrected chi connectivity index (χ2v) is 15.2. The monoisotopic (exact) mass is 830 g/mol. The summed E-state index contributed by atoms with van der Waals surface area (Å²) in [6, 6.07) is 29.1. The number of benzene rings is 4. The van der Waals surface area contributed by atoms with E-state index in [2.05, 4.69) is 10.6 Å². The van der Waals surface area contributed by atoms with Gasteiger partial charge in [-0.25, -0.2) is 0 Å². The first kappa shape index (κ1) is 43.1. The highest BCUT2D eigenvalue weighted by Gasteiger charge is 2.32. The molecule has 2 fully saturated rings. The van der Waals surface area contributed by atoms with Crippen LogP contribution in [0.15, 0.2) is 97.1 Å². The van der Waals surface area contributed by atoms with Crippen LogP contribution in [0.25, 0.3) is 0 Å². The molecule has 2 N–H and O–H groups in total. The van der Waals surface area contributed by atoms with E-state index in [4.69, 9.17) is 28.4 Å². The van der Waals surface area contributed by atoms with Crippen LogP contribution in [-0.4, -0.2) is 72.2 Å². The van der Waals surface area contributed by atoms with Crippen LogP contribution in [-0.2, 0) is 41.5 Å².